The van der Waals surface area contributed by atoms with E-state index >= 15 is 0 Å². The molecule has 17 heavy (non-hydrogen) atoms. The van der Waals surface area contributed by atoms with Gasteiger partial charge in [-0.2, -0.15) is 5.26 Å². The average molecular weight is 237 g/mol. The van der Waals surface area contributed by atoms with Gasteiger partial charge in [0, 0.05) is 13.1 Å². The Morgan fingerprint density at radius 2 is 2.24 bits per heavy atom. The number of alkyl carbamates (subject to hydrolysis) is 1. The molecule has 0 spiro atoms. The number of nitriles is 1. The molecular weight excluding hydrogens is 222 g/mol. The molecule has 92 valence electrons. The van der Waals surface area contributed by atoms with Crippen LogP contribution in [0.4, 0.5) is 4.79 Å². The Hall–Kier alpha value is -1.77. The summed E-state index contributed by atoms with van der Waals surface area (Å²) in [6.45, 7) is 1.06. The molecule has 0 aromatic carbocycles. The number of likely N-dealkylation sites (tertiary alicyclic amines) is 1. The number of carbonyl (C=O) groups is 2. The topological polar surface area (TPSA) is 82.4 Å². The van der Waals surface area contributed by atoms with Gasteiger partial charge in [0.15, 0.2) is 0 Å². The molecule has 0 radical (unpaired) electrons. The van der Waals surface area contributed by atoms with Crippen LogP contribution in [0.25, 0.3) is 0 Å². The van der Waals surface area contributed by atoms with Gasteiger partial charge in [-0.05, 0) is 19.3 Å². The van der Waals surface area contributed by atoms with Crippen molar-refractivity contribution in [1.82, 2.24) is 10.2 Å². The lowest BCUT2D eigenvalue weighted by molar-refractivity contribution is -0.133. The lowest BCUT2D eigenvalue weighted by Gasteiger charge is -2.19. The molecule has 2 fully saturated rings. The minimum Gasteiger partial charge on any atom is -0.453 e. The van der Waals surface area contributed by atoms with Crippen molar-refractivity contribution in [3.63, 3.8) is 0 Å². The summed E-state index contributed by atoms with van der Waals surface area (Å²) in [5.41, 5.74) is -0.764. The van der Waals surface area contributed by atoms with Crippen LogP contribution in [-0.2, 0) is 9.53 Å². The fraction of sp³-hybridized carbons (Fsp3) is 0.727. The van der Waals surface area contributed by atoms with Gasteiger partial charge >= 0.3 is 6.09 Å². The highest BCUT2D eigenvalue weighted by atomic mass is 16.5. The molecule has 1 saturated carbocycles. The minimum absolute atomic E-state index is 0.0686. The van der Waals surface area contributed by atoms with Gasteiger partial charge in [0.05, 0.1) is 19.2 Å². The summed E-state index contributed by atoms with van der Waals surface area (Å²) < 4.78 is 4.50. The number of methoxy groups -OCH3 is 1. The number of nitrogens with one attached hydrogen (secondary N) is 1. The van der Waals surface area contributed by atoms with Gasteiger partial charge in [0.25, 0.3) is 0 Å². The molecule has 0 bridgehead atoms. The summed E-state index contributed by atoms with van der Waals surface area (Å²) in [5, 5.41) is 11.6. The SMILES string of the molecule is COC(=O)NC1CCN(C(=O)C2(C#N)CC2)C1. The van der Waals surface area contributed by atoms with Crippen molar-refractivity contribution in [2.75, 3.05) is 20.2 Å². The second kappa shape index (κ2) is 4.24. The van der Waals surface area contributed by atoms with E-state index in [-0.39, 0.29) is 11.9 Å². The lowest BCUT2D eigenvalue weighted by atomic mass is 10.1. The molecular formula is C11H15N3O3. The van der Waals surface area contributed by atoms with E-state index in [9.17, 15) is 9.59 Å². The maximum absolute atomic E-state index is 12.0. The number of amides is 2. The lowest BCUT2D eigenvalue weighted by Crippen LogP contribution is -2.40. The van der Waals surface area contributed by atoms with Crippen LogP contribution in [0.3, 0.4) is 0 Å². The molecule has 1 unspecified atom stereocenters. The third kappa shape index (κ3) is 2.18. The number of carbonyl (C=O) groups excluding carboxylic acids is 2. The molecule has 2 amide bonds. The maximum atomic E-state index is 12.0. The van der Waals surface area contributed by atoms with Crippen molar-refractivity contribution in [3.05, 3.63) is 0 Å². The van der Waals surface area contributed by atoms with E-state index in [1.165, 1.54) is 7.11 Å². The van der Waals surface area contributed by atoms with E-state index in [0.29, 0.717) is 32.4 Å². The summed E-state index contributed by atoms with van der Waals surface area (Å²) in [4.78, 5) is 24.7. The van der Waals surface area contributed by atoms with Gasteiger partial charge in [-0.1, -0.05) is 0 Å². The second-order valence-electron chi connectivity index (χ2n) is 4.57. The molecule has 0 aromatic heterocycles. The quantitative estimate of drug-likeness (QED) is 0.746. The number of hydrogen-bond acceptors (Lipinski definition) is 4. The predicted octanol–water partition coefficient (Wildman–Crippen LogP) is 0.247. The van der Waals surface area contributed by atoms with Crippen molar-refractivity contribution in [1.29, 1.82) is 5.26 Å². The highest BCUT2D eigenvalue weighted by molar-refractivity contribution is 5.88. The van der Waals surface area contributed by atoms with Crippen LogP contribution in [0.5, 0.6) is 0 Å². The Labute approximate surface area is 99.5 Å². The monoisotopic (exact) mass is 237 g/mol. The van der Waals surface area contributed by atoms with Crippen molar-refractivity contribution < 1.29 is 14.3 Å². The normalized spacial score (nSPS) is 24.9. The number of hydrogen-bond donors (Lipinski definition) is 1. The number of nitrogens with zero attached hydrogens (tertiary/aromatic N) is 2. The Bertz CT molecular complexity index is 384. The first kappa shape index (κ1) is 11.7. The summed E-state index contributed by atoms with van der Waals surface area (Å²) in [7, 11) is 1.31. The zero-order valence-corrected chi connectivity index (χ0v) is 9.73. The Balaban J connectivity index is 1.88. The summed E-state index contributed by atoms with van der Waals surface area (Å²) in [6, 6.07) is 2.02. The summed E-state index contributed by atoms with van der Waals surface area (Å²) in [5.74, 6) is -0.0887. The van der Waals surface area contributed by atoms with Crippen molar-refractivity contribution in [3.8, 4) is 6.07 Å². The standard InChI is InChI=1S/C11H15N3O3/c1-17-10(16)13-8-2-5-14(6-8)9(15)11(7-12)3-4-11/h8H,2-6H2,1H3,(H,13,16). The predicted molar refractivity (Wildman–Crippen MR) is 57.8 cm³/mol. The van der Waals surface area contributed by atoms with Crippen molar-refractivity contribution >= 4 is 12.0 Å². The van der Waals surface area contributed by atoms with E-state index in [4.69, 9.17) is 5.26 Å². The smallest absolute Gasteiger partial charge is 0.407 e. The van der Waals surface area contributed by atoms with Crippen LogP contribution in [0.15, 0.2) is 0 Å². The van der Waals surface area contributed by atoms with Gasteiger partial charge in [-0.25, -0.2) is 4.79 Å². The van der Waals surface area contributed by atoms with Crippen LogP contribution in [-0.4, -0.2) is 43.1 Å². The molecule has 1 heterocycles. The number of rotatable bonds is 2. The Morgan fingerprint density at radius 1 is 1.53 bits per heavy atom. The van der Waals surface area contributed by atoms with Gasteiger partial charge in [0.2, 0.25) is 5.91 Å². The maximum Gasteiger partial charge on any atom is 0.407 e. The first-order valence-corrected chi connectivity index (χ1v) is 5.66. The van der Waals surface area contributed by atoms with Crippen LogP contribution in [0.1, 0.15) is 19.3 Å². The molecule has 1 atom stereocenters. The zero-order valence-electron chi connectivity index (χ0n) is 9.73. The highest BCUT2D eigenvalue weighted by Gasteiger charge is 2.53. The van der Waals surface area contributed by atoms with E-state index in [1.54, 1.807) is 4.90 Å². The van der Waals surface area contributed by atoms with E-state index < -0.39 is 11.5 Å². The first-order valence-electron chi connectivity index (χ1n) is 5.66. The molecule has 1 aliphatic heterocycles. The molecule has 1 aliphatic carbocycles. The third-order valence-corrected chi connectivity index (χ3v) is 3.36. The van der Waals surface area contributed by atoms with Crippen molar-refractivity contribution in [2.24, 2.45) is 5.41 Å². The first-order chi connectivity index (χ1) is 8.11. The Kier molecular flexibility index (Phi) is 2.92. The molecule has 6 nitrogen and oxygen atoms in total. The molecule has 2 rings (SSSR count). The van der Waals surface area contributed by atoms with Crippen LogP contribution in [0.2, 0.25) is 0 Å². The van der Waals surface area contributed by atoms with Gasteiger partial charge in [-0.15, -0.1) is 0 Å². The van der Waals surface area contributed by atoms with Crippen LogP contribution < -0.4 is 5.32 Å². The highest BCUT2D eigenvalue weighted by Crippen LogP contribution is 2.46. The third-order valence-electron chi connectivity index (χ3n) is 3.36. The number of ether oxygens (including phenoxy) is 1. The molecule has 0 aromatic rings. The Morgan fingerprint density at radius 3 is 2.76 bits per heavy atom. The minimum atomic E-state index is -0.764. The largest absolute Gasteiger partial charge is 0.453 e. The van der Waals surface area contributed by atoms with E-state index in [1.807, 2.05) is 0 Å². The second-order valence-corrected chi connectivity index (χ2v) is 4.57. The van der Waals surface area contributed by atoms with Crippen molar-refractivity contribution in [2.45, 2.75) is 25.3 Å². The van der Waals surface area contributed by atoms with Gasteiger partial charge < -0.3 is 15.0 Å². The fourth-order valence-electron chi connectivity index (χ4n) is 2.09. The summed E-state index contributed by atoms with van der Waals surface area (Å²) >= 11 is 0. The average Bonchev–Trinajstić information content (AvgIpc) is 3.02. The fourth-order valence-corrected chi connectivity index (χ4v) is 2.09. The van der Waals surface area contributed by atoms with E-state index in [0.717, 1.165) is 0 Å². The zero-order chi connectivity index (χ0) is 12.5. The molecule has 6 heteroatoms. The summed E-state index contributed by atoms with van der Waals surface area (Å²) in [6.07, 6.45) is 1.55. The van der Waals surface area contributed by atoms with Crippen LogP contribution in [0, 0.1) is 16.7 Å². The molecule has 1 N–H and O–H groups in total. The van der Waals surface area contributed by atoms with E-state index in [2.05, 4.69) is 16.1 Å². The van der Waals surface area contributed by atoms with Gasteiger partial charge in [-0.3, -0.25) is 4.79 Å². The molecule has 1 saturated heterocycles. The van der Waals surface area contributed by atoms with Crippen LogP contribution >= 0.6 is 0 Å². The van der Waals surface area contributed by atoms with Gasteiger partial charge in [0.1, 0.15) is 5.41 Å². The molecule has 2 aliphatic rings.